The van der Waals surface area contributed by atoms with Crippen LogP contribution in [0.5, 0.6) is 0 Å². The van der Waals surface area contributed by atoms with Crippen molar-refractivity contribution in [2.24, 2.45) is 0 Å². The van der Waals surface area contributed by atoms with Gasteiger partial charge in [0.25, 0.3) is 0 Å². The molecule has 0 saturated carbocycles. The van der Waals surface area contributed by atoms with Crippen molar-refractivity contribution in [3.05, 3.63) is 59.4 Å². The van der Waals surface area contributed by atoms with Crippen LogP contribution in [0.1, 0.15) is 21.6 Å². The number of nitrogens with zero attached hydrogens (tertiary/aromatic N) is 2. The van der Waals surface area contributed by atoms with Crippen LogP contribution >= 0.6 is 0 Å². The summed E-state index contributed by atoms with van der Waals surface area (Å²) in [6, 6.07) is 12.3. The van der Waals surface area contributed by atoms with Crippen molar-refractivity contribution in [1.82, 2.24) is 4.98 Å². The van der Waals surface area contributed by atoms with Crippen molar-refractivity contribution in [2.75, 3.05) is 11.9 Å². The second kappa shape index (κ2) is 6.34. The van der Waals surface area contributed by atoms with E-state index in [9.17, 15) is 4.79 Å². The molecule has 0 aliphatic carbocycles. The number of rotatable bonds is 5. The lowest BCUT2D eigenvalue weighted by Crippen LogP contribution is -2.06. The number of benzene rings is 1. The maximum atomic E-state index is 10.9. The number of nitrogens with one attached hydrogen (secondary N) is 1. The molecule has 0 aliphatic heterocycles. The summed E-state index contributed by atoms with van der Waals surface area (Å²) in [5, 5.41) is 20.8. The number of aromatic nitrogens is 1. The molecule has 0 bridgehead atoms. The molecule has 1 aromatic heterocycles. The fourth-order valence-corrected chi connectivity index (χ4v) is 1.81. The third-order valence-electron chi connectivity index (χ3n) is 2.79. The van der Waals surface area contributed by atoms with Crippen molar-refractivity contribution in [3.8, 4) is 6.07 Å². The zero-order chi connectivity index (χ0) is 14.4. The van der Waals surface area contributed by atoms with E-state index < -0.39 is 5.97 Å². The highest BCUT2D eigenvalue weighted by Gasteiger charge is 2.03. The minimum Gasteiger partial charge on any atom is -0.478 e. The zero-order valence-corrected chi connectivity index (χ0v) is 10.7. The number of pyridine rings is 1. The topological polar surface area (TPSA) is 86.0 Å². The van der Waals surface area contributed by atoms with Crippen LogP contribution in [0.2, 0.25) is 0 Å². The van der Waals surface area contributed by atoms with Crippen LogP contribution in [0.3, 0.4) is 0 Å². The molecule has 2 N–H and O–H groups in total. The number of hydrogen-bond donors (Lipinski definition) is 2. The molecule has 2 rings (SSSR count). The summed E-state index contributed by atoms with van der Waals surface area (Å²) in [7, 11) is 0. The standard InChI is InChI=1S/C15H13N3O2/c16-10-14-9-13(5-7-18-14)17-6-4-11-2-1-3-12(8-11)15(19)20/h1-3,5,7-9H,4,6H2,(H,17,18)(H,19,20). The number of hydrogen-bond acceptors (Lipinski definition) is 4. The molecular formula is C15H13N3O2. The van der Waals surface area contributed by atoms with Crippen LogP contribution in [-0.4, -0.2) is 22.6 Å². The van der Waals surface area contributed by atoms with Crippen LogP contribution in [0.15, 0.2) is 42.6 Å². The number of anilines is 1. The SMILES string of the molecule is N#Cc1cc(NCCc2cccc(C(=O)O)c2)ccn1. The van der Waals surface area contributed by atoms with E-state index in [1.54, 1.807) is 36.5 Å². The van der Waals surface area contributed by atoms with Crippen LogP contribution in [-0.2, 0) is 6.42 Å². The minimum absolute atomic E-state index is 0.290. The monoisotopic (exact) mass is 267 g/mol. The Labute approximate surface area is 116 Å². The molecule has 0 saturated heterocycles. The van der Waals surface area contributed by atoms with E-state index in [-0.39, 0.29) is 5.56 Å². The normalized spacial score (nSPS) is 9.75. The van der Waals surface area contributed by atoms with Gasteiger partial charge in [-0.15, -0.1) is 0 Å². The van der Waals surface area contributed by atoms with Gasteiger partial charge in [0.05, 0.1) is 5.56 Å². The lowest BCUT2D eigenvalue weighted by molar-refractivity contribution is 0.0697. The molecule has 0 aliphatic rings. The Kier molecular flexibility index (Phi) is 4.30. The average molecular weight is 267 g/mol. The molecule has 0 amide bonds. The van der Waals surface area contributed by atoms with Gasteiger partial charge in [-0.05, 0) is 36.2 Å². The largest absolute Gasteiger partial charge is 0.478 e. The highest BCUT2D eigenvalue weighted by molar-refractivity contribution is 5.87. The highest BCUT2D eigenvalue weighted by Crippen LogP contribution is 2.09. The molecule has 20 heavy (non-hydrogen) atoms. The van der Waals surface area contributed by atoms with Gasteiger partial charge in [-0.3, -0.25) is 0 Å². The fraction of sp³-hybridized carbons (Fsp3) is 0.133. The van der Waals surface area contributed by atoms with Gasteiger partial charge in [-0.2, -0.15) is 5.26 Å². The smallest absolute Gasteiger partial charge is 0.335 e. The van der Waals surface area contributed by atoms with E-state index in [0.29, 0.717) is 18.7 Å². The number of nitriles is 1. The summed E-state index contributed by atoms with van der Waals surface area (Å²) < 4.78 is 0. The zero-order valence-electron chi connectivity index (χ0n) is 10.7. The van der Waals surface area contributed by atoms with E-state index in [2.05, 4.69) is 10.3 Å². The van der Waals surface area contributed by atoms with Gasteiger partial charge in [-0.1, -0.05) is 12.1 Å². The van der Waals surface area contributed by atoms with E-state index in [0.717, 1.165) is 11.3 Å². The van der Waals surface area contributed by atoms with Crippen LogP contribution in [0.25, 0.3) is 0 Å². The first kappa shape index (κ1) is 13.6. The molecule has 0 radical (unpaired) electrons. The molecule has 1 aromatic carbocycles. The Bertz CT molecular complexity index is 662. The van der Waals surface area contributed by atoms with E-state index in [4.69, 9.17) is 10.4 Å². The Hall–Kier alpha value is -2.87. The average Bonchev–Trinajstić information content (AvgIpc) is 2.48. The Morgan fingerprint density at radius 1 is 1.35 bits per heavy atom. The third-order valence-corrected chi connectivity index (χ3v) is 2.79. The summed E-state index contributed by atoms with van der Waals surface area (Å²) in [6.45, 7) is 0.651. The molecule has 5 heteroatoms. The summed E-state index contributed by atoms with van der Waals surface area (Å²) in [5.41, 5.74) is 2.43. The Morgan fingerprint density at radius 2 is 2.20 bits per heavy atom. The summed E-state index contributed by atoms with van der Waals surface area (Å²) in [5.74, 6) is -0.924. The Morgan fingerprint density at radius 3 is 2.95 bits per heavy atom. The van der Waals surface area contributed by atoms with Crippen molar-refractivity contribution < 1.29 is 9.90 Å². The summed E-state index contributed by atoms with van der Waals surface area (Å²) in [6.07, 6.45) is 2.28. The molecule has 2 aromatic rings. The lowest BCUT2D eigenvalue weighted by Gasteiger charge is -2.07. The molecule has 0 fully saturated rings. The minimum atomic E-state index is -0.924. The van der Waals surface area contributed by atoms with Gasteiger partial charge in [-0.25, -0.2) is 9.78 Å². The van der Waals surface area contributed by atoms with Crippen molar-refractivity contribution in [1.29, 1.82) is 5.26 Å². The predicted molar refractivity (Wildman–Crippen MR) is 74.5 cm³/mol. The summed E-state index contributed by atoms with van der Waals surface area (Å²) >= 11 is 0. The number of aromatic carboxylic acids is 1. The second-order valence-electron chi connectivity index (χ2n) is 4.22. The first-order valence-electron chi connectivity index (χ1n) is 6.11. The number of carboxylic acids is 1. The van der Waals surface area contributed by atoms with Crippen LogP contribution in [0.4, 0.5) is 5.69 Å². The number of carboxylic acid groups (broad SMARTS) is 1. The van der Waals surface area contributed by atoms with Crippen molar-refractivity contribution >= 4 is 11.7 Å². The molecular weight excluding hydrogens is 254 g/mol. The number of carbonyl (C=O) groups is 1. The van der Waals surface area contributed by atoms with Crippen molar-refractivity contribution in [2.45, 2.75) is 6.42 Å². The quantitative estimate of drug-likeness (QED) is 0.868. The molecule has 0 spiro atoms. The van der Waals surface area contributed by atoms with Gasteiger partial charge in [0.1, 0.15) is 11.8 Å². The molecule has 100 valence electrons. The van der Waals surface area contributed by atoms with Crippen LogP contribution < -0.4 is 5.32 Å². The van der Waals surface area contributed by atoms with E-state index in [1.165, 1.54) is 0 Å². The van der Waals surface area contributed by atoms with Crippen molar-refractivity contribution in [3.63, 3.8) is 0 Å². The lowest BCUT2D eigenvalue weighted by atomic mass is 10.1. The molecule has 0 unspecified atom stereocenters. The maximum absolute atomic E-state index is 10.9. The van der Waals surface area contributed by atoms with E-state index in [1.807, 2.05) is 12.1 Å². The Balaban J connectivity index is 1.94. The van der Waals surface area contributed by atoms with Gasteiger partial charge >= 0.3 is 5.97 Å². The van der Waals surface area contributed by atoms with Gasteiger partial charge in [0.2, 0.25) is 0 Å². The van der Waals surface area contributed by atoms with Gasteiger partial charge in [0, 0.05) is 18.4 Å². The molecule has 5 nitrogen and oxygen atoms in total. The predicted octanol–water partition coefficient (Wildman–Crippen LogP) is 2.31. The van der Waals surface area contributed by atoms with Crippen LogP contribution in [0, 0.1) is 11.3 Å². The van der Waals surface area contributed by atoms with Gasteiger partial charge < -0.3 is 10.4 Å². The highest BCUT2D eigenvalue weighted by atomic mass is 16.4. The molecule has 0 atom stereocenters. The third kappa shape index (κ3) is 3.56. The second-order valence-corrected chi connectivity index (χ2v) is 4.22. The fourth-order valence-electron chi connectivity index (χ4n) is 1.81. The summed E-state index contributed by atoms with van der Waals surface area (Å²) in [4.78, 5) is 14.8. The maximum Gasteiger partial charge on any atom is 0.335 e. The van der Waals surface area contributed by atoms with E-state index >= 15 is 0 Å². The first-order chi connectivity index (χ1) is 9.69. The molecule has 1 heterocycles. The van der Waals surface area contributed by atoms with Gasteiger partial charge in [0.15, 0.2) is 0 Å². The first-order valence-corrected chi connectivity index (χ1v) is 6.11.